The van der Waals surface area contributed by atoms with Gasteiger partial charge in [-0.2, -0.15) is 5.10 Å². The molecule has 0 amide bonds. The quantitative estimate of drug-likeness (QED) is 0.752. The van der Waals surface area contributed by atoms with Crippen LogP contribution in [0.4, 0.5) is 5.82 Å². The van der Waals surface area contributed by atoms with Gasteiger partial charge in [-0.25, -0.2) is 4.68 Å². The molecule has 2 aromatic heterocycles. The lowest BCUT2D eigenvalue weighted by atomic mass is 10.2. The van der Waals surface area contributed by atoms with E-state index in [1.807, 2.05) is 0 Å². The van der Waals surface area contributed by atoms with Crippen LogP contribution in [0.2, 0.25) is 5.02 Å². The first-order valence-electron chi connectivity index (χ1n) is 5.84. The highest BCUT2D eigenvalue weighted by Crippen LogP contribution is 2.21. The number of anilines is 1. The number of ketones is 1. The molecule has 0 spiro atoms. The second-order valence-electron chi connectivity index (χ2n) is 4.14. The Morgan fingerprint density at radius 2 is 2.00 bits per heavy atom. The summed E-state index contributed by atoms with van der Waals surface area (Å²) >= 11 is 5.83. The van der Waals surface area contributed by atoms with Gasteiger partial charge in [0.05, 0.1) is 23.7 Å². The van der Waals surface area contributed by atoms with Gasteiger partial charge in [-0.1, -0.05) is 11.6 Å². The summed E-state index contributed by atoms with van der Waals surface area (Å²) in [6.07, 6.45) is 2.86. The minimum absolute atomic E-state index is 0.229. The minimum atomic E-state index is -0.298. The summed E-state index contributed by atoms with van der Waals surface area (Å²) in [4.78, 5) is 12.2. The number of rotatable bonds is 3. The van der Waals surface area contributed by atoms with Gasteiger partial charge in [-0.05, 0) is 36.4 Å². The number of halogens is 1. The van der Waals surface area contributed by atoms with Crippen molar-refractivity contribution in [2.45, 2.75) is 0 Å². The van der Waals surface area contributed by atoms with Crippen LogP contribution in [0.15, 0.2) is 53.3 Å². The molecule has 0 bridgehead atoms. The zero-order valence-electron chi connectivity index (χ0n) is 10.3. The highest BCUT2D eigenvalue weighted by Gasteiger charge is 2.19. The van der Waals surface area contributed by atoms with Crippen molar-refractivity contribution in [1.29, 1.82) is 0 Å². The molecule has 0 aliphatic heterocycles. The molecule has 0 fully saturated rings. The first kappa shape index (κ1) is 12.5. The van der Waals surface area contributed by atoms with Crippen molar-refractivity contribution in [2.24, 2.45) is 0 Å². The van der Waals surface area contributed by atoms with Gasteiger partial charge in [0.15, 0.2) is 5.76 Å². The Balaban J connectivity index is 2.01. The molecule has 20 heavy (non-hydrogen) atoms. The topological polar surface area (TPSA) is 74.1 Å². The molecule has 0 radical (unpaired) electrons. The van der Waals surface area contributed by atoms with Gasteiger partial charge in [-0.15, -0.1) is 0 Å². The molecule has 0 aliphatic carbocycles. The Kier molecular flexibility index (Phi) is 3.04. The van der Waals surface area contributed by atoms with E-state index < -0.39 is 0 Å². The molecule has 3 rings (SSSR count). The molecular weight excluding hydrogens is 278 g/mol. The number of aromatic nitrogens is 2. The van der Waals surface area contributed by atoms with Crippen molar-refractivity contribution < 1.29 is 9.21 Å². The van der Waals surface area contributed by atoms with Crippen LogP contribution < -0.4 is 5.73 Å². The average molecular weight is 288 g/mol. The van der Waals surface area contributed by atoms with Crippen LogP contribution in [-0.4, -0.2) is 15.6 Å². The Morgan fingerprint density at radius 1 is 1.25 bits per heavy atom. The van der Waals surface area contributed by atoms with E-state index in [0.717, 1.165) is 5.69 Å². The molecule has 0 aliphatic rings. The lowest BCUT2D eigenvalue weighted by molar-refractivity contribution is 0.101. The maximum absolute atomic E-state index is 12.2. The molecule has 100 valence electrons. The van der Waals surface area contributed by atoms with Gasteiger partial charge in [0, 0.05) is 5.02 Å². The summed E-state index contributed by atoms with van der Waals surface area (Å²) in [5.74, 6) is 0.189. The summed E-state index contributed by atoms with van der Waals surface area (Å²) in [7, 11) is 0. The molecule has 3 aromatic rings. The predicted molar refractivity (Wildman–Crippen MR) is 75.1 cm³/mol. The van der Waals surface area contributed by atoms with Crippen LogP contribution in [0, 0.1) is 0 Å². The van der Waals surface area contributed by atoms with Gasteiger partial charge in [0.1, 0.15) is 5.82 Å². The van der Waals surface area contributed by atoms with E-state index in [1.165, 1.54) is 17.1 Å². The summed E-state index contributed by atoms with van der Waals surface area (Å²) in [6, 6.07) is 10.2. The van der Waals surface area contributed by atoms with Crippen LogP contribution in [-0.2, 0) is 0 Å². The van der Waals surface area contributed by atoms with Crippen molar-refractivity contribution in [3.63, 3.8) is 0 Å². The zero-order valence-corrected chi connectivity index (χ0v) is 11.0. The van der Waals surface area contributed by atoms with Crippen molar-refractivity contribution in [1.82, 2.24) is 9.78 Å². The van der Waals surface area contributed by atoms with E-state index in [4.69, 9.17) is 21.8 Å². The Morgan fingerprint density at radius 3 is 2.65 bits per heavy atom. The maximum atomic E-state index is 12.2. The van der Waals surface area contributed by atoms with Gasteiger partial charge >= 0.3 is 0 Å². The first-order valence-corrected chi connectivity index (χ1v) is 6.22. The van der Waals surface area contributed by atoms with Crippen molar-refractivity contribution >= 4 is 23.2 Å². The van der Waals surface area contributed by atoms with Crippen molar-refractivity contribution in [3.8, 4) is 5.69 Å². The largest absolute Gasteiger partial charge is 0.461 e. The molecular formula is C14H10ClN3O2. The van der Waals surface area contributed by atoms with Gasteiger partial charge in [0.25, 0.3) is 0 Å². The van der Waals surface area contributed by atoms with Gasteiger partial charge < -0.3 is 10.2 Å². The van der Waals surface area contributed by atoms with E-state index in [0.29, 0.717) is 10.6 Å². The number of carbonyl (C=O) groups is 1. The lowest BCUT2D eigenvalue weighted by Gasteiger charge is -2.04. The molecule has 0 atom stereocenters. The summed E-state index contributed by atoms with van der Waals surface area (Å²) in [5, 5.41) is 4.75. The normalized spacial score (nSPS) is 10.7. The number of carbonyl (C=O) groups excluding carboxylic acids is 1. The highest BCUT2D eigenvalue weighted by molar-refractivity contribution is 6.30. The summed E-state index contributed by atoms with van der Waals surface area (Å²) in [6.45, 7) is 0. The predicted octanol–water partition coefficient (Wildman–Crippen LogP) is 2.93. The third-order valence-corrected chi connectivity index (χ3v) is 3.12. The zero-order chi connectivity index (χ0) is 14.1. The fourth-order valence-corrected chi connectivity index (χ4v) is 1.99. The molecule has 0 saturated carbocycles. The number of furan rings is 1. The van der Waals surface area contributed by atoms with Crippen LogP contribution in [0.25, 0.3) is 5.69 Å². The van der Waals surface area contributed by atoms with E-state index in [1.54, 1.807) is 36.4 Å². The SMILES string of the molecule is Nc1c(C(=O)c2ccco2)cnn1-c1ccc(Cl)cc1. The van der Waals surface area contributed by atoms with Gasteiger partial charge in [0.2, 0.25) is 5.78 Å². The number of nitrogen functional groups attached to an aromatic ring is 1. The lowest BCUT2D eigenvalue weighted by Crippen LogP contribution is -2.06. The average Bonchev–Trinajstić information content (AvgIpc) is 3.09. The molecule has 0 saturated heterocycles. The standard InChI is InChI=1S/C14H10ClN3O2/c15-9-3-5-10(6-4-9)18-14(16)11(8-17-18)13(19)12-2-1-7-20-12/h1-8H,16H2. The first-order chi connectivity index (χ1) is 9.66. The smallest absolute Gasteiger partial charge is 0.233 e. The Hall–Kier alpha value is -2.53. The number of nitrogens with two attached hydrogens (primary N) is 1. The number of benzene rings is 1. The summed E-state index contributed by atoms with van der Waals surface area (Å²) < 4.78 is 6.55. The number of hydrogen-bond acceptors (Lipinski definition) is 4. The molecule has 2 heterocycles. The summed E-state index contributed by atoms with van der Waals surface area (Å²) in [5.41, 5.74) is 7.01. The van der Waals surface area contributed by atoms with Crippen LogP contribution in [0.3, 0.4) is 0 Å². The second-order valence-corrected chi connectivity index (χ2v) is 4.57. The van der Waals surface area contributed by atoms with E-state index >= 15 is 0 Å². The molecule has 2 N–H and O–H groups in total. The number of nitrogens with zero attached hydrogens (tertiary/aromatic N) is 2. The van der Waals surface area contributed by atoms with Crippen LogP contribution in [0.1, 0.15) is 16.1 Å². The highest BCUT2D eigenvalue weighted by atomic mass is 35.5. The molecule has 5 nitrogen and oxygen atoms in total. The Bertz CT molecular complexity index is 745. The van der Waals surface area contributed by atoms with E-state index in [9.17, 15) is 4.79 Å². The monoisotopic (exact) mass is 287 g/mol. The number of hydrogen-bond donors (Lipinski definition) is 1. The van der Waals surface area contributed by atoms with Crippen LogP contribution in [0.5, 0.6) is 0 Å². The van der Waals surface area contributed by atoms with E-state index in [2.05, 4.69) is 5.10 Å². The third-order valence-electron chi connectivity index (χ3n) is 2.87. The van der Waals surface area contributed by atoms with Crippen molar-refractivity contribution in [2.75, 3.05) is 5.73 Å². The fourth-order valence-electron chi connectivity index (χ4n) is 1.86. The van der Waals surface area contributed by atoms with Crippen LogP contribution >= 0.6 is 11.6 Å². The fraction of sp³-hybridized carbons (Fsp3) is 0. The Labute approximate surface area is 119 Å². The molecule has 1 aromatic carbocycles. The molecule has 0 unspecified atom stereocenters. The second kappa shape index (κ2) is 4.86. The maximum Gasteiger partial charge on any atom is 0.233 e. The van der Waals surface area contributed by atoms with Gasteiger partial charge in [-0.3, -0.25) is 4.79 Å². The minimum Gasteiger partial charge on any atom is -0.461 e. The van der Waals surface area contributed by atoms with E-state index in [-0.39, 0.29) is 17.4 Å². The molecule has 6 heteroatoms. The van der Waals surface area contributed by atoms with Crippen molar-refractivity contribution in [3.05, 3.63) is 65.2 Å². The third kappa shape index (κ3) is 2.08.